The number of likely N-dealkylation sites (N-methyl/N-ethyl adjacent to an activating group) is 1. The van der Waals surface area contributed by atoms with Crippen LogP contribution >= 0.6 is 7.82 Å². The number of nitrogens with zero attached hydrogens (tertiary/aromatic N) is 1. The number of allylic oxidation sites excluding steroid dienone is 15. The minimum absolute atomic E-state index is 0.0592. The first-order chi connectivity index (χ1) is 34.5. The monoisotopic (exact) mass is 1010 g/mol. The maximum atomic E-state index is 12.9. The molecule has 9 heteroatoms. The summed E-state index contributed by atoms with van der Waals surface area (Å²) in [7, 11) is 1.57. The van der Waals surface area contributed by atoms with Crippen LogP contribution in [0.15, 0.2) is 97.2 Å². The molecule has 0 aromatic carbocycles. The molecule has 0 rings (SSSR count). The van der Waals surface area contributed by atoms with Crippen molar-refractivity contribution in [3.8, 4) is 0 Å². The first-order valence-electron chi connectivity index (χ1n) is 29.1. The Kier molecular flexibility index (Phi) is 50.4. The minimum atomic E-state index is -4.34. The third-order valence-electron chi connectivity index (χ3n) is 12.6. The molecule has 0 aliphatic rings. The number of nitrogens with one attached hydrogen (secondary N) is 1. The zero-order valence-corrected chi connectivity index (χ0v) is 47.6. The molecule has 71 heavy (non-hydrogen) atoms. The van der Waals surface area contributed by atoms with Gasteiger partial charge in [-0.3, -0.25) is 13.8 Å². The van der Waals surface area contributed by atoms with Crippen molar-refractivity contribution in [1.82, 2.24) is 5.32 Å². The lowest BCUT2D eigenvalue weighted by atomic mass is 10.0. The number of carbonyl (C=O) groups excluding carboxylic acids is 1. The molecule has 3 N–H and O–H groups in total. The number of hydrogen-bond donors (Lipinski definition) is 3. The standard InChI is InChI=1S/C62H111N2O6P/c1-6-8-10-12-14-16-18-19-20-21-22-23-24-25-26-27-28-29-30-31-32-33-34-35-36-37-38-39-40-41-42-43-44-45-46-48-50-52-54-56-62(66)63-60(59-70-71(67,68)69-58-57-64(3,4)5)61(65)55-53-51-49-47-17-15-13-11-9-7-2/h8,10,14,16,19-20,22-23,25-26,28-29,31-32,53,55,60-61,65H,6-7,9,11-13,15,17-18,21,24,27,30,33-52,54,56-59H2,1-5H3,(H-,63,66,67,68)/p+1/b10-8-,16-14-,20-19-,23-22-,26-25-,29-28-,32-31-,55-53+. The fourth-order valence-corrected chi connectivity index (χ4v) is 8.76. The first-order valence-corrected chi connectivity index (χ1v) is 30.6. The predicted molar refractivity (Wildman–Crippen MR) is 309 cm³/mol. The molecule has 0 saturated carbocycles. The summed E-state index contributed by atoms with van der Waals surface area (Å²) < 4.78 is 23.6. The van der Waals surface area contributed by atoms with Gasteiger partial charge in [0.15, 0.2) is 0 Å². The van der Waals surface area contributed by atoms with Crippen molar-refractivity contribution in [2.75, 3.05) is 40.9 Å². The quantitative estimate of drug-likeness (QED) is 0.0243. The van der Waals surface area contributed by atoms with Gasteiger partial charge in [-0.05, 0) is 77.0 Å². The summed E-state index contributed by atoms with van der Waals surface area (Å²) in [5.74, 6) is -0.180. The van der Waals surface area contributed by atoms with E-state index in [4.69, 9.17) is 9.05 Å². The fraction of sp³-hybridized carbons (Fsp3) is 0.726. The van der Waals surface area contributed by atoms with E-state index < -0.39 is 20.0 Å². The normalized spacial score (nSPS) is 14.6. The number of amides is 1. The average molecular weight is 1010 g/mol. The van der Waals surface area contributed by atoms with Gasteiger partial charge in [0.05, 0.1) is 39.9 Å². The Labute approximate surface area is 439 Å². The van der Waals surface area contributed by atoms with Crippen LogP contribution in [0.5, 0.6) is 0 Å². The van der Waals surface area contributed by atoms with E-state index in [2.05, 4.69) is 104 Å². The highest BCUT2D eigenvalue weighted by Crippen LogP contribution is 2.43. The summed E-state index contributed by atoms with van der Waals surface area (Å²) in [4.78, 5) is 23.2. The van der Waals surface area contributed by atoms with Crippen LogP contribution in [0.25, 0.3) is 0 Å². The van der Waals surface area contributed by atoms with Crippen LogP contribution in [0.3, 0.4) is 0 Å². The summed E-state index contributed by atoms with van der Waals surface area (Å²) in [6.07, 6.45) is 75.3. The molecular weight excluding hydrogens is 900 g/mol. The molecule has 0 fully saturated rings. The number of carbonyl (C=O) groups is 1. The number of quaternary nitrogens is 1. The lowest BCUT2D eigenvalue weighted by Gasteiger charge is -2.25. The summed E-state index contributed by atoms with van der Waals surface area (Å²) in [6.45, 7) is 4.67. The molecule has 0 aliphatic carbocycles. The highest BCUT2D eigenvalue weighted by molar-refractivity contribution is 7.47. The van der Waals surface area contributed by atoms with Crippen LogP contribution in [0.1, 0.15) is 239 Å². The highest BCUT2D eigenvalue weighted by atomic mass is 31.2. The lowest BCUT2D eigenvalue weighted by Crippen LogP contribution is -2.45. The van der Waals surface area contributed by atoms with Crippen LogP contribution in [0, 0.1) is 0 Å². The number of aliphatic hydroxyl groups is 1. The van der Waals surface area contributed by atoms with Crippen molar-refractivity contribution in [3.05, 3.63) is 97.2 Å². The van der Waals surface area contributed by atoms with E-state index in [9.17, 15) is 19.4 Å². The van der Waals surface area contributed by atoms with E-state index in [1.54, 1.807) is 6.08 Å². The van der Waals surface area contributed by atoms with Crippen LogP contribution in [-0.4, -0.2) is 73.4 Å². The average Bonchev–Trinajstić information content (AvgIpc) is 3.33. The molecule has 8 nitrogen and oxygen atoms in total. The fourth-order valence-electron chi connectivity index (χ4n) is 8.02. The Morgan fingerprint density at radius 1 is 0.493 bits per heavy atom. The van der Waals surface area contributed by atoms with Gasteiger partial charge in [0.25, 0.3) is 0 Å². The SMILES string of the molecule is CC/C=C\C/C=C\C/C=C\C/C=C\C/C=C\C/C=C\C/C=C\CCCCCCCCCCCCCCCCCCCC(=O)NC(COP(=O)(O)OCC[N+](C)(C)C)C(O)/C=C/CCCCCCCCCC. The second kappa shape index (κ2) is 52.3. The predicted octanol–water partition coefficient (Wildman–Crippen LogP) is 17.8. The van der Waals surface area contributed by atoms with Crippen molar-refractivity contribution in [2.45, 2.75) is 251 Å². The van der Waals surface area contributed by atoms with Gasteiger partial charge in [-0.2, -0.15) is 0 Å². The van der Waals surface area contributed by atoms with Gasteiger partial charge in [0.1, 0.15) is 13.2 Å². The molecule has 0 saturated heterocycles. The number of aliphatic hydroxyl groups excluding tert-OH is 1. The molecule has 3 atom stereocenters. The van der Waals surface area contributed by atoms with E-state index in [0.717, 1.165) is 83.5 Å². The Morgan fingerprint density at radius 3 is 1.24 bits per heavy atom. The molecule has 0 heterocycles. The van der Waals surface area contributed by atoms with E-state index in [1.165, 1.54) is 135 Å². The van der Waals surface area contributed by atoms with Crippen molar-refractivity contribution < 1.29 is 32.9 Å². The van der Waals surface area contributed by atoms with Gasteiger partial charge in [-0.1, -0.05) is 252 Å². The van der Waals surface area contributed by atoms with E-state index in [0.29, 0.717) is 17.4 Å². The van der Waals surface area contributed by atoms with Crippen molar-refractivity contribution >= 4 is 13.7 Å². The highest BCUT2D eigenvalue weighted by Gasteiger charge is 2.27. The molecular formula is C62H112N2O6P+. The largest absolute Gasteiger partial charge is 0.472 e. The van der Waals surface area contributed by atoms with Crippen molar-refractivity contribution in [3.63, 3.8) is 0 Å². The zero-order chi connectivity index (χ0) is 52.0. The van der Waals surface area contributed by atoms with Crippen LogP contribution < -0.4 is 5.32 Å². The van der Waals surface area contributed by atoms with Crippen LogP contribution in [0.4, 0.5) is 0 Å². The molecule has 1 amide bonds. The number of hydrogen-bond acceptors (Lipinski definition) is 5. The second-order valence-electron chi connectivity index (χ2n) is 20.6. The first kappa shape index (κ1) is 68.4. The molecule has 0 radical (unpaired) electrons. The Hall–Kier alpha value is -2.58. The molecule has 410 valence electrons. The number of rotatable bonds is 52. The summed E-state index contributed by atoms with van der Waals surface area (Å²) in [6, 6.07) is -0.848. The van der Waals surface area contributed by atoms with Crippen molar-refractivity contribution in [1.29, 1.82) is 0 Å². The van der Waals surface area contributed by atoms with E-state index >= 15 is 0 Å². The maximum absolute atomic E-state index is 12.9. The molecule has 0 aromatic rings. The summed E-state index contributed by atoms with van der Waals surface area (Å²) in [5.41, 5.74) is 0. The van der Waals surface area contributed by atoms with E-state index in [-0.39, 0.29) is 19.1 Å². The number of phosphoric ester groups is 1. The molecule has 0 aromatic heterocycles. The van der Waals surface area contributed by atoms with Crippen molar-refractivity contribution in [2.24, 2.45) is 0 Å². The summed E-state index contributed by atoms with van der Waals surface area (Å²) in [5, 5.41) is 13.8. The van der Waals surface area contributed by atoms with Gasteiger partial charge in [-0.15, -0.1) is 0 Å². The zero-order valence-electron chi connectivity index (χ0n) is 46.7. The van der Waals surface area contributed by atoms with Crippen LogP contribution in [0.2, 0.25) is 0 Å². The van der Waals surface area contributed by atoms with Gasteiger partial charge in [0.2, 0.25) is 5.91 Å². The molecule has 0 bridgehead atoms. The third-order valence-corrected chi connectivity index (χ3v) is 13.5. The van der Waals surface area contributed by atoms with E-state index in [1.807, 2.05) is 27.2 Å². The van der Waals surface area contributed by atoms with Gasteiger partial charge >= 0.3 is 7.82 Å². The number of phosphoric acid groups is 1. The van der Waals surface area contributed by atoms with Gasteiger partial charge in [-0.25, -0.2) is 4.57 Å². The molecule has 0 aliphatic heterocycles. The number of unbranched alkanes of at least 4 members (excludes halogenated alkanes) is 25. The second-order valence-corrected chi connectivity index (χ2v) is 22.1. The molecule has 3 unspecified atom stereocenters. The maximum Gasteiger partial charge on any atom is 0.472 e. The summed E-state index contributed by atoms with van der Waals surface area (Å²) >= 11 is 0. The molecule has 0 spiro atoms. The van der Waals surface area contributed by atoms with Gasteiger partial charge in [0, 0.05) is 6.42 Å². The Balaban J connectivity index is 3.93. The smallest absolute Gasteiger partial charge is 0.387 e. The van der Waals surface area contributed by atoms with Gasteiger partial charge < -0.3 is 19.8 Å². The van der Waals surface area contributed by atoms with Crippen LogP contribution in [-0.2, 0) is 18.4 Å². The Morgan fingerprint density at radius 2 is 0.845 bits per heavy atom. The topological polar surface area (TPSA) is 105 Å². The third kappa shape index (κ3) is 55.0. The lowest BCUT2D eigenvalue weighted by molar-refractivity contribution is -0.870. The Bertz CT molecular complexity index is 1470. The minimum Gasteiger partial charge on any atom is -0.387 e.